The summed E-state index contributed by atoms with van der Waals surface area (Å²) in [7, 11) is 0. The summed E-state index contributed by atoms with van der Waals surface area (Å²) in [5.74, 6) is 0. The Kier molecular flexibility index (Phi) is 16.1. The van der Waals surface area contributed by atoms with Crippen LogP contribution in [0.2, 0.25) is 0 Å². The molecule has 0 aliphatic rings. The molecule has 0 spiro atoms. The second kappa shape index (κ2) is 17.3. The first-order valence-corrected chi connectivity index (χ1v) is 16.8. The molecular formula is C26H40Br2CoN3. The fraction of sp³-hybridized carbons (Fsp3) is 0.538. The van der Waals surface area contributed by atoms with E-state index in [0.717, 1.165) is 49.6 Å². The summed E-state index contributed by atoms with van der Waals surface area (Å²) in [6, 6.07) is 13.3. The van der Waals surface area contributed by atoms with E-state index in [0.29, 0.717) is 13.1 Å². The quantitative estimate of drug-likeness (QED) is 0.290. The standard InChI is InChI=1S/C26H40N3.2BrH.Co/c1-5-19-11-9-12-20(6-2)25(19)15-23(27)17-29-18-24(28)16-26-21(7-3)13-10-14-22(26)8-4;;;/h9-14,23-24H,5-8,15-18,27-28H2,1-4H3;2*1H;/q-1;;;+3/p-2. The van der Waals surface area contributed by atoms with E-state index < -0.39 is 0 Å². The number of rotatable bonds is 12. The molecule has 2 rings (SSSR count). The molecule has 2 atom stereocenters. The molecule has 6 heteroatoms. The second-order valence-corrected chi connectivity index (χ2v) is 13.3. The summed E-state index contributed by atoms with van der Waals surface area (Å²) in [4.78, 5) is 0. The van der Waals surface area contributed by atoms with E-state index in [9.17, 15) is 0 Å². The molecule has 0 aliphatic carbocycles. The molecule has 0 heterocycles. The molecular weight excluding hydrogens is 573 g/mol. The van der Waals surface area contributed by atoms with Crippen LogP contribution in [0.1, 0.15) is 61.1 Å². The van der Waals surface area contributed by atoms with Crippen molar-refractivity contribution in [2.45, 2.75) is 78.3 Å². The number of aryl methyl sites for hydroxylation is 4. The van der Waals surface area contributed by atoms with Gasteiger partial charge < -0.3 is 16.8 Å². The van der Waals surface area contributed by atoms with Crippen LogP contribution in [-0.4, -0.2) is 25.2 Å². The third-order valence-electron chi connectivity index (χ3n) is 5.92. The Labute approximate surface area is 216 Å². The van der Waals surface area contributed by atoms with Crippen LogP contribution in [0.5, 0.6) is 0 Å². The molecule has 182 valence electrons. The van der Waals surface area contributed by atoms with E-state index >= 15 is 0 Å². The maximum absolute atomic E-state index is 6.45. The monoisotopic (exact) mass is 611 g/mol. The van der Waals surface area contributed by atoms with Crippen LogP contribution in [0.3, 0.4) is 0 Å². The van der Waals surface area contributed by atoms with E-state index in [-0.39, 0.29) is 12.1 Å². The van der Waals surface area contributed by atoms with Crippen molar-refractivity contribution in [3.8, 4) is 0 Å². The molecule has 0 aromatic heterocycles. The van der Waals surface area contributed by atoms with E-state index in [1.807, 2.05) is 0 Å². The van der Waals surface area contributed by atoms with Crippen LogP contribution in [0.25, 0.3) is 5.32 Å². The fourth-order valence-corrected chi connectivity index (χ4v) is 4.28. The topological polar surface area (TPSA) is 66.1 Å². The number of benzene rings is 2. The predicted octanol–water partition coefficient (Wildman–Crippen LogP) is 6.44. The number of hydrogen-bond acceptors (Lipinski definition) is 2. The van der Waals surface area contributed by atoms with Crippen molar-refractivity contribution in [3.05, 3.63) is 75.1 Å². The zero-order valence-electron chi connectivity index (χ0n) is 20.0. The molecule has 2 aromatic rings. The molecule has 32 heavy (non-hydrogen) atoms. The Hall–Kier alpha value is -0.214. The van der Waals surface area contributed by atoms with Gasteiger partial charge in [-0.3, -0.25) is 0 Å². The Morgan fingerprint density at radius 3 is 1.22 bits per heavy atom. The van der Waals surface area contributed by atoms with Gasteiger partial charge in [-0.1, -0.05) is 64.1 Å². The van der Waals surface area contributed by atoms with Gasteiger partial charge in [-0.05, 0) is 84.0 Å². The van der Waals surface area contributed by atoms with Crippen LogP contribution in [-0.2, 0) is 49.6 Å². The van der Waals surface area contributed by atoms with Gasteiger partial charge >= 0.3 is 39.5 Å². The van der Waals surface area contributed by atoms with Gasteiger partial charge in [0.05, 0.1) is 0 Å². The first-order chi connectivity index (χ1) is 15.4. The normalized spacial score (nSPS) is 12.9. The second-order valence-electron chi connectivity index (χ2n) is 8.09. The third kappa shape index (κ3) is 9.96. The van der Waals surface area contributed by atoms with Crippen molar-refractivity contribution in [2.75, 3.05) is 13.1 Å². The summed E-state index contributed by atoms with van der Waals surface area (Å²) in [6.07, 6.45) is 5.99. The van der Waals surface area contributed by atoms with Gasteiger partial charge in [-0.2, -0.15) is 0 Å². The van der Waals surface area contributed by atoms with Crippen molar-refractivity contribution in [3.63, 3.8) is 0 Å². The molecule has 0 saturated heterocycles. The van der Waals surface area contributed by atoms with Crippen molar-refractivity contribution >= 4 is 28.3 Å². The average molecular weight is 613 g/mol. The van der Waals surface area contributed by atoms with Gasteiger partial charge in [0, 0.05) is 0 Å². The van der Waals surface area contributed by atoms with Crippen LogP contribution < -0.4 is 11.5 Å². The third-order valence-corrected chi connectivity index (χ3v) is 5.92. The number of nitrogens with two attached hydrogens (primary N) is 2. The van der Waals surface area contributed by atoms with Crippen LogP contribution in [0, 0.1) is 0 Å². The summed E-state index contributed by atoms with van der Waals surface area (Å²) in [6.45, 7) is 10.2. The number of hydrogen-bond donors (Lipinski definition) is 2. The van der Waals surface area contributed by atoms with Gasteiger partial charge in [-0.15, -0.1) is 13.1 Å². The molecule has 3 nitrogen and oxygen atoms in total. The Morgan fingerprint density at radius 2 is 0.969 bits per heavy atom. The first kappa shape index (κ1) is 29.8. The number of nitrogens with zero attached hydrogens (tertiary/aromatic N) is 1. The van der Waals surface area contributed by atoms with Crippen molar-refractivity contribution < 1.29 is 11.1 Å². The van der Waals surface area contributed by atoms with E-state index in [4.69, 9.17) is 16.8 Å². The summed E-state index contributed by atoms with van der Waals surface area (Å²) in [5.41, 5.74) is 21.4. The Bertz CT molecular complexity index is 678. The maximum atomic E-state index is 6.45. The van der Waals surface area contributed by atoms with E-state index in [2.05, 4.69) is 92.4 Å². The fourth-order valence-electron chi connectivity index (χ4n) is 4.28. The van der Waals surface area contributed by atoms with Gasteiger partial charge in [0.2, 0.25) is 0 Å². The molecule has 4 N–H and O–H groups in total. The summed E-state index contributed by atoms with van der Waals surface area (Å²) < 4.78 is 0. The molecule has 0 amide bonds. The van der Waals surface area contributed by atoms with Gasteiger partial charge in [0.1, 0.15) is 0 Å². The zero-order chi connectivity index (χ0) is 23.9. The Balaban J connectivity index is 0.00000161. The predicted molar refractivity (Wildman–Crippen MR) is 145 cm³/mol. The minimum absolute atomic E-state index is 0.0503. The molecule has 0 radical (unpaired) electrons. The van der Waals surface area contributed by atoms with E-state index in [1.54, 1.807) is 0 Å². The van der Waals surface area contributed by atoms with Crippen LogP contribution >= 0.6 is 28.3 Å². The Morgan fingerprint density at radius 1 is 0.688 bits per heavy atom. The summed E-state index contributed by atoms with van der Waals surface area (Å²) >= 11 is 7.12. The van der Waals surface area contributed by atoms with Gasteiger partial charge in [0.25, 0.3) is 0 Å². The average Bonchev–Trinajstić information content (AvgIpc) is 2.79. The molecule has 0 bridgehead atoms. The molecule has 2 unspecified atom stereocenters. The molecule has 0 saturated carbocycles. The van der Waals surface area contributed by atoms with E-state index in [1.165, 1.54) is 33.4 Å². The first-order valence-electron chi connectivity index (χ1n) is 11.6. The van der Waals surface area contributed by atoms with Crippen LogP contribution in [0.4, 0.5) is 0 Å². The molecule has 2 aromatic carbocycles. The minimum atomic E-state index is 0.0503. The number of halogens is 2. The zero-order valence-corrected chi connectivity index (χ0v) is 24.2. The van der Waals surface area contributed by atoms with Gasteiger partial charge in [0.15, 0.2) is 0 Å². The van der Waals surface area contributed by atoms with Crippen LogP contribution in [0.15, 0.2) is 36.4 Å². The SMILES string of the molecule is CCc1cccc(CC)c1CC(N)C[N-]CC(N)Cc1c(CC)cccc1CC.[Br][Co+][Br]. The molecule has 0 aliphatic heterocycles. The van der Waals surface area contributed by atoms with Gasteiger partial charge in [-0.25, -0.2) is 0 Å². The van der Waals surface area contributed by atoms with Crippen molar-refractivity contribution in [2.24, 2.45) is 11.5 Å². The summed E-state index contributed by atoms with van der Waals surface area (Å²) in [5, 5.41) is 4.74. The van der Waals surface area contributed by atoms with Crippen molar-refractivity contribution in [1.29, 1.82) is 0 Å². The van der Waals surface area contributed by atoms with Crippen molar-refractivity contribution in [1.82, 2.24) is 0 Å². The molecule has 0 fully saturated rings.